The maximum absolute atomic E-state index is 4.92. The summed E-state index contributed by atoms with van der Waals surface area (Å²) in [5, 5.41) is 4.72. The van der Waals surface area contributed by atoms with E-state index in [0.717, 1.165) is 31.6 Å². The van der Waals surface area contributed by atoms with E-state index in [-0.39, 0.29) is 0 Å². The van der Waals surface area contributed by atoms with Gasteiger partial charge in [-0.3, -0.25) is 0 Å². The Hall–Kier alpha value is -1.61. The lowest BCUT2D eigenvalue weighted by Crippen LogP contribution is -2.42. The third-order valence-electron chi connectivity index (χ3n) is 4.42. The van der Waals surface area contributed by atoms with Crippen molar-refractivity contribution in [2.24, 2.45) is 0 Å². The number of nitrogens with one attached hydrogen (secondary N) is 1. The summed E-state index contributed by atoms with van der Waals surface area (Å²) in [6.45, 7) is 3.43. The molecule has 0 radical (unpaired) electrons. The number of piperidine rings is 1. The lowest BCUT2D eigenvalue weighted by Gasteiger charge is -2.32. The van der Waals surface area contributed by atoms with Crippen LogP contribution in [0.5, 0.6) is 0 Å². The Kier molecular flexibility index (Phi) is 2.66. The third-order valence-corrected chi connectivity index (χ3v) is 4.42. The molecular weight excluding hydrogens is 234 g/mol. The second-order valence-corrected chi connectivity index (χ2v) is 5.59. The van der Waals surface area contributed by atoms with E-state index in [0.29, 0.717) is 6.04 Å². The van der Waals surface area contributed by atoms with Crippen LogP contribution in [0.1, 0.15) is 18.4 Å². The Morgan fingerprint density at radius 2 is 2.00 bits per heavy atom. The van der Waals surface area contributed by atoms with E-state index in [1.54, 1.807) is 0 Å². The van der Waals surface area contributed by atoms with E-state index < -0.39 is 0 Å². The SMILES string of the molecule is c1ccc2nc3c(cc2c1)CCN3C1CCNCC1. The lowest BCUT2D eigenvalue weighted by molar-refractivity contribution is 0.434. The van der Waals surface area contributed by atoms with E-state index in [2.05, 4.69) is 40.5 Å². The number of para-hydroxylation sites is 1. The van der Waals surface area contributed by atoms with Gasteiger partial charge in [-0.15, -0.1) is 0 Å². The highest BCUT2D eigenvalue weighted by atomic mass is 15.2. The monoisotopic (exact) mass is 253 g/mol. The van der Waals surface area contributed by atoms with Crippen LogP contribution in [0.25, 0.3) is 10.9 Å². The van der Waals surface area contributed by atoms with E-state index >= 15 is 0 Å². The van der Waals surface area contributed by atoms with E-state index in [1.807, 2.05) is 0 Å². The van der Waals surface area contributed by atoms with Crippen LogP contribution in [0, 0.1) is 0 Å². The summed E-state index contributed by atoms with van der Waals surface area (Å²) in [7, 11) is 0. The normalized spacial score (nSPS) is 19.9. The smallest absolute Gasteiger partial charge is 0.132 e. The molecule has 0 amide bonds. The lowest BCUT2D eigenvalue weighted by atomic mass is 10.1. The van der Waals surface area contributed by atoms with Crippen LogP contribution in [0.15, 0.2) is 30.3 Å². The Morgan fingerprint density at radius 1 is 1.16 bits per heavy atom. The zero-order chi connectivity index (χ0) is 12.7. The molecular formula is C16H19N3. The van der Waals surface area contributed by atoms with Crippen molar-refractivity contribution >= 4 is 16.7 Å². The number of anilines is 1. The van der Waals surface area contributed by atoms with Gasteiger partial charge < -0.3 is 10.2 Å². The van der Waals surface area contributed by atoms with Gasteiger partial charge in [-0.05, 0) is 50.0 Å². The van der Waals surface area contributed by atoms with Gasteiger partial charge in [-0.25, -0.2) is 4.98 Å². The second-order valence-electron chi connectivity index (χ2n) is 5.59. The maximum Gasteiger partial charge on any atom is 0.132 e. The van der Waals surface area contributed by atoms with Crippen LogP contribution in [0.4, 0.5) is 5.82 Å². The molecule has 3 heterocycles. The van der Waals surface area contributed by atoms with Crippen molar-refractivity contribution < 1.29 is 0 Å². The Balaban J connectivity index is 1.74. The fourth-order valence-electron chi connectivity index (χ4n) is 3.40. The number of hydrogen-bond acceptors (Lipinski definition) is 3. The molecule has 1 aromatic heterocycles. The summed E-state index contributed by atoms with van der Waals surface area (Å²) in [6, 6.07) is 11.5. The zero-order valence-corrected chi connectivity index (χ0v) is 11.1. The number of fused-ring (bicyclic) bond motifs is 2. The van der Waals surface area contributed by atoms with Gasteiger partial charge in [0.15, 0.2) is 0 Å². The van der Waals surface area contributed by atoms with Crippen molar-refractivity contribution in [2.75, 3.05) is 24.5 Å². The number of pyridine rings is 1. The number of hydrogen-bond donors (Lipinski definition) is 1. The van der Waals surface area contributed by atoms with E-state index in [4.69, 9.17) is 4.98 Å². The Labute approximate surface area is 113 Å². The van der Waals surface area contributed by atoms with Crippen molar-refractivity contribution in [3.8, 4) is 0 Å². The number of nitrogens with zero attached hydrogens (tertiary/aromatic N) is 2. The topological polar surface area (TPSA) is 28.2 Å². The molecule has 1 aromatic carbocycles. The Bertz CT molecular complexity index is 602. The van der Waals surface area contributed by atoms with Gasteiger partial charge in [-0.2, -0.15) is 0 Å². The van der Waals surface area contributed by atoms with Crippen LogP contribution in [0.2, 0.25) is 0 Å². The minimum atomic E-state index is 0.677. The molecule has 2 aliphatic heterocycles. The van der Waals surface area contributed by atoms with Crippen molar-refractivity contribution in [3.05, 3.63) is 35.9 Å². The molecule has 4 rings (SSSR count). The first-order chi connectivity index (χ1) is 9.42. The van der Waals surface area contributed by atoms with E-state index in [9.17, 15) is 0 Å². The molecule has 0 spiro atoms. The number of rotatable bonds is 1. The predicted octanol–water partition coefficient (Wildman–Crippen LogP) is 2.35. The van der Waals surface area contributed by atoms with Gasteiger partial charge in [0.05, 0.1) is 5.52 Å². The van der Waals surface area contributed by atoms with Crippen LogP contribution < -0.4 is 10.2 Å². The summed E-state index contributed by atoms with van der Waals surface area (Å²) < 4.78 is 0. The average molecular weight is 253 g/mol. The summed E-state index contributed by atoms with van der Waals surface area (Å²) in [6.07, 6.45) is 3.64. The van der Waals surface area contributed by atoms with Gasteiger partial charge in [-0.1, -0.05) is 18.2 Å². The average Bonchev–Trinajstić information content (AvgIpc) is 2.88. The highest BCUT2D eigenvalue weighted by Crippen LogP contribution is 2.32. The van der Waals surface area contributed by atoms with Crippen LogP contribution >= 0.6 is 0 Å². The molecule has 0 unspecified atom stereocenters. The summed E-state index contributed by atoms with van der Waals surface area (Å²) >= 11 is 0. The van der Waals surface area contributed by atoms with Crippen LogP contribution in [-0.4, -0.2) is 30.7 Å². The van der Waals surface area contributed by atoms with Crippen molar-refractivity contribution in [1.29, 1.82) is 0 Å². The predicted molar refractivity (Wildman–Crippen MR) is 78.7 cm³/mol. The molecule has 98 valence electrons. The van der Waals surface area contributed by atoms with E-state index in [1.165, 1.54) is 29.6 Å². The molecule has 3 heteroatoms. The molecule has 2 aliphatic rings. The van der Waals surface area contributed by atoms with Crippen LogP contribution in [-0.2, 0) is 6.42 Å². The first-order valence-electron chi connectivity index (χ1n) is 7.28. The highest BCUT2D eigenvalue weighted by Gasteiger charge is 2.28. The van der Waals surface area contributed by atoms with Gasteiger partial charge in [0, 0.05) is 18.0 Å². The largest absolute Gasteiger partial charge is 0.353 e. The second kappa shape index (κ2) is 4.49. The molecule has 0 bridgehead atoms. The summed E-state index contributed by atoms with van der Waals surface area (Å²) in [5.41, 5.74) is 2.55. The Morgan fingerprint density at radius 3 is 2.89 bits per heavy atom. The fourth-order valence-corrected chi connectivity index (χ4v) is 3.40. The molecule has 1 fully saturated rings. The molecule has 2 aromatic rings. The summed E-state index contributed by atoms with van der Waals surface area (Å²) in [5.74, 6) is 1.24. The van der Waals surface area contributed by atoms with Crippen LogP contribution in [0.3, 0.4) is 0 Å². The van der Waals surface area contributed by atoms with Crippen molar-refractivity contribution in [1.82, 2.24) is 10.3 Å². The molecule has 19 heavy (non-hydrogen) atoms. The van der Waals surface area contributed by atoms with Gasteiger partial charge in [0.2, 0.25) is 0 Å². The number of benzene rings is 1. The molecule has 3 nitrogen and oxygen atoms in total. The third kappa shape index (κ3) is 1.89. The molecule has 0 saturated carbocycles. The highest BCUT2D eigenvalue weighted by molar-refractivity contribution is 5.82. The number of aromatic nitrogens is 1. The van der Waals surface area contributed by atoms with Crippen molar-refractivity contribution in [2.45, 2.75) is 25.3 Å². The van der Waals surface area contributed by atoms with Crippen molar-refractivity contribution in [3.63, 3.8) is 0 Å². The standard InChI is InChI=1S/C16H19N3/c1-2-4-15-12(3-1)11-13-7-10-19(16(13)18-15)14-5-8-17-9-6-14/h1-4,11,14,17H,5-10H2. The first-order valence-corrected chi connectivity index (χ1v) is 7.28. The molecule has 0 aliphatic carbocycles. The minimum absolute atomic E-state index is 0.677. The molecule has 0 atom stereocenters. The maximum atomic E-state index is 4.92. The van der Waals surface area contributed by atoms with Gasteiger partial charge in [0.25, 0.3) is 0 Å². The van der Waals surface area contributed by atoms with Gasteiger partial charge >= 0.3 is 0 Å². The summed E-state index contributed by atoms with van der Waals surface area (Å²) in [4.78, 5) is 7.46. The molecule has 1 saturated heterocycles. The minimum Gasteiger partial charge on any atom is -0.353 e. The first kappa shape index (κ1) is 11.2. The fraction of sp³-hybridized carbons (Fsp3) is 0.438. The molecule has 1 N–H and O–H groups in total. The van der Waals surface area contributed by atoms with Gasteiger partial charge in [0.1, 0.15) is 5.82 Å². The quantitative estimate of drug-likeness (QED) is 0.845. The zero-order valence-electron chi connectivity index (χ0n) is 11.1.